The lowest BCUT2D eigenvalue weighted by molar-refractivity contribution is 0.354. The van der Waals surface area contributed by atoms with E-state index in [1.54, 1.807) is 32.2 Å². The van der Waals surface area contributed by atoms with Gasteiger partial charge in [0.25, 0.3) is 0 Å². The molecule has 2 aromatic carbocycles. The molecule has 0 spiro atoms. The quantitative estimate of drug-likeness (QED) is 0.907. The summed E-state index contributed by atoms with van der Waals surface area (Å²) in [4.78, 5) is 0. The molecule has 0 unspecified atom stereocenters. The lowest BCUT2D eigenvalue weighted by Crippen LogP contribution is -2.05. The van der Waals surface area contributed by atoms with Gasteiger partial charge in [-0.2, -0.15) is 0 Å². The predicted octanol–water partition coefficient (Wildman–Crippen LogP) is 3.90. The molecule has 3 nitrogen and oxygen atoms in total. The molecule has 0 heterocycles. The highest BCUT2D eigenvalue weighted by Crippen LogP contribution is 2.28. The zero-order chi connectivity index (χ0) is 15.4. The fraction of sp³-hybridized carbons (Fsp3) is 0.250. The average molecular weight is 293 g/mol. The van der Waals surface area contributed by atoms with Crippen LogP contribution in [0.3, 0.4) is 0 Å². The maximum Gasteiger partial charge on any atom is 0.161 e. The SMILES string of the molecule is COc1ccc(CNc2c(F)ccc(C)c2F)cc1OC. The highest BCUT2D eigenvalue weighted by molar-refractivity contribution is 5.50. The van der Waals surface area contributed by atoms with Crippen LogP contribution in [-0.4, -0.2) is 14.2 Å². The van der Waals surface area contributed by atoms with Gasteiger partial charge in [-0.1, -0.05) is 12.1 Å². The van der Waals surface area contributed by atoms with Crippen molar-refractivity contribution in [1.82, 2.24) is 0 Å². The molecule has 0 aliphatic heterocycles. The molecule has 0 radical (unpaired) electrons. The Morgan fingerprint density at radius 2 is 1.71 bits per heavy atom. The van der Waals surface area contributed by atoms with Gasteiger partial charge in [0.05, 0.1) is 14.2 Å². The van der Waals surface area contributed by atoms with Gasteiger partial charge in [-0.15, -0.1) is 0 Å². The van der Waals surface area contributed by atoms with Gasteiger partial charge in [-0.3, -0.25) is 0 Å². The molecule has 112 valence electrons. The fourth-order valence-electron chi connectivity index (χ4n) is 2.00. The van der Waals surface area contributed by atoms with Crippen LogP contribution in [0.2, 0.25) is 0 Å². The first kappa shape index (κ1) is 15.1. The molecule has 0 saturated heterocycles. The smallest absolute Gasteiger partial charge is 0.161 e. The third kappa shape index (κ3) is 3.24. The molecule has 0 aromatic heterocycles. The number of rotatable bonds is 5. The van der Waals surface area contributed by atoms with Crippen molar-refractivity contribution in [3.05, 3.63) is 53.1 Å². The van der Waals surface area contributed by atoms with Crippen molar-refractivity contribution in [3.63, 3.8) is 0 Å². The van der Waals surface area contributed by atoms with Crippen LogP contribution >= 0.6 is 0 Å². The summed E-state index contributed by atoms with van der Waals surface area (Å²) in [5.41, 5.74) is 1.10. The molecule has 0 atom stereocenters. The minimum atomic E-state index is -0.612. The second-order valence-electron chi connectivity index (χ2n) is 4.60. The van der Waals surface area contributed by atoms with Gasteiger partial charge in [0, 0.05) is 6.54 Å². The number of benzene rings is 2. The van der Waals surface area contributed by atoms with Crippen molar-refractivity contribution in [3.8, 4) is 11.5 Å². The molecule has 0 saturated carbocycles. The Bertz CT molecular complexity index is 644. The van der Waals surface area contributed by atoms with Crippen molar-refractivity contribution in [1.29, 1.82) is 0 Å². The summed E-state index contributed by atoms with van der Waals surface area (Å²) in [5, 5.41) is 2.78. The summed E-state index contributed by atoms with van der Waals surface area (Å²) in [6.45, 7) is 1.87. The summed E-state index contributed by atoms with van der Waals surface area (Å²) in [7, 11) is 3.09. The van der Waals surface area contributed by atoms with Gasteiger partial charge >= 0.3 is 0 Å². The maximum atomic E-state index is 13.9. The molecule has 1 N–H and O–H groups in total. The molecule has 0 fully saturated rings. The molecule has 0 aliphatic carbocycles. The summed E-state index contributed by atoms with van der Waals surface area (Å²) < 4.78 is 37.9. The second-order valence-corrected chi connectivity index (χ2v) is 4.60. The third-order valence-corrected chi connectivity index (χ3v) is 3.20. The number of nitrogens with one attached hydrogen (secondary N) is 1. The minimum Gasteiger partial charge on any atom is -0.493 e. The van der Waals surface area contributed by atoms with Crippen LogP contribution in [0, 0.1) is 18.6 Å². The highest BCUT2D eigenvalue weighted by Gasteiger charge is 2.11. The van der Waals surface area contributed by atoms with E-state index in [0.717, 1.165) is 5.56 Å². The molecule has 0 amide bonds. The van der Waals surface area contributed by atoms with E-state index < -0.39 is 11.6 Å². The Kier molecular flexibility index (Phi) is 4.62. The lowest BCUT2D eigenvalue weighted by Gasteiger charge is -2.12. The topological polar surface area (TPSA) is 30.5 Å². The highest BCUT2D eigenvalue weighted by atomic mass is 19.1. The zero-order valence-corrected chi connectivity index (χ0v) is 12.2. The fourth-order valence-corrected chi connectivity index (χ4v) is 2.00. The number of hydrogen-bond donors (Lipinski definition) is 1. The molecule has 2 aromatic rings. The monoisotopic (exact) mass is 293 g/mol. The van der Waals surface area contributed by atoms with Gasteiger partial charge < -0.3 is 14.8 Å². The first-order chi connectivity index (χ1) is 10.1. The number of anilines is 1. The van der Waals surface area contributed by atoms with Gasteiger partial charge in [-0.25, -0.2) is 8.78 Å². The largest absolute Gasteiger partial charge is 0.493 e. The molecule has 2 rings (SSSR count). The van der Waals surface area contributed by atoms with Crippen molar-refractivity contribution in [2.24, 2.45) is 0 Å². The Morgan fingerprint density at radius 3 is 2.38 bits per heavy atom. The van der Waals surface area contributed by atoms with Crippen LogP contribution in [0.1, 0.15) is 11.1 Å². The van der Waals surface area contributed by atoms with Crippen LogP contribution in [0.15, 0.2) is 30.3 Å². The number of halogens is 2. The Balaban J connectivity index is 2.19. The van der Waals surface area contributed by atoms with Gasteiger partial charge in [0.15, 0.2) is 17.3 Å². The van der Waals surface area contributed by atoms with Gasteiger partial charge in [0.1, 0.15) is 11.5 Å². The van der Waals surface area contributed by atoms with Crippen LogP contribution in [0.4, 0.5) is 14.5 Å². The normalized spacial score (nSPS) is 10.3. The van der Waals surface area contributed by atoms with Crippen molar-refractivity contribution >= 4 is 5.69 Å². The zero-order valence-electron chi connectivity index (χ0n) is 12.2. The summed E-state index contributed by atoms with van der Waals surface area (Å²) >= 11 is 0. The van der Waals surface area contributed by atoms with E-state index in [1.807, 2.05) is 0 Å². The molecule has 0 aliphatic rings. The third-order valence-electron chi connectivity index (χ3n) is 3.20. The number of aryl methyl sites for hydroxylation is 1. The Hall–Kier alpha value is -2.30. The Morgan fingerprint density at radius 1 is 1.00 bits per heavy atom. The molecule has 5 heteroatoms. The average Bonchev–Trinajstić information content (AvgIpc) is 2.50. The van der Waals surface area contributed by atoms with Crippen LogP contribution in [0.25, 0.3) is 0 Å². The molecule has 0 bridgehead atoms. The maximum absolute atomic E-state index is 13.9. The summed E-state index contributed by atoms with van der Waals surface area (Å²) in [6.07, 6.45) is 0. The van der Waals surface area contributed by atoms with Gasteiger partial charge in [0.2, 0.25) is 0 Å². The Labute approximate surface area is 122 Å². The van der Waals surface area contributed by atoms with E-state index in [0.29, 0.717) is 17.1 Å². The van der Waals surface area contributed by atoms with Crippen LogP contribution in [-0.2, 0) is 6.54 Å². The van der Waals surface area contributed by atoms with Crippen molar-refractivity contribution < 1.29 is 18.3 Å². The van der Waals surface area contributed by atoms with Crippen molar-refractivity contribution in [2.75, 3.05) is 19.5 Å². The van der Waals surface area contributed by atoms with Gasteiger partial charge in [-0.05, 0) is 36.2 Å². The second kappa shape index (κ2) is 6.43. The standard InChI is InChI=1S/C16H17F2NO2/c1-10-4-6-12(17)16(15(10)18)19-9-11-5-7-13(20-2)14(8-11)21-3/h4-8,19H,9H2,1-3H3. The molecule has 21 heavy (non-hydrogen) atoms. The van der Waals surface area contributed by atoms with E-state index >= 15 is 0 Å². The predicted molar refractivity (Wildman–Crippen MR) is 78.0 cm³/mol. The summed E-state index contributed by atoms with van der Waals surface area (Å²) in [5.74, 6) is -0.00907. The van der Waals surface area contributed by atoms with E-state index in [1.165, 1.54) is 19.2 Å². The van der Waals surface area contributed by atoms with E-state index in [2.05, 4.69) is 5.32 Å². The lowest BCUT2D eigenvalue weighted by atomic mass is 10.1. The number of methoxy groups -OCH3 is 2. The first-order valence-corrected chi connectivity index (χ1v) is 6.46. The van der Waals surface area contributed by atoms with Crippen molar-refractivity contribution in [2.45, 2.75) is 13.5 Å². The van der Waals surface area contributed by atoms with E-state index in [-0.39, 0.29) is 12.2 Å². The van der Waals surface area contributed by atoms with Crippen LogP contribution < -0.4 is 14.8 Å². The van der Waals surface area contributed by atoms with Crippen LogP contribution in [0.5, 0.6) is 11.5 Å². The number of ether oxygens (including phenoxy) is 2. The first-order valence-electron chi connectivity index (χ1n) is 6.46. The van der Waals surface area contributed by atoms with E-state index in [9.17, 15) is 8.78 Å². The summed E-state index contributed by atoms with van der Waals surface area (Å²) in [6, 6.07) is 7.97. The minimum absolute atomic E-state index is 0.121. The molecular formula is C16H17F2NO2. The molecular weight excluding hydrogens is 276 g/mol. The van der Waals surface area contributed by atoms with E-state index in [4.69, 9.17) is 9.47 Å². The number of hydrogen-bond acceptors (Lipinski definition) is 3.